The Morgan fingerprint density at radius 3 is 2.45 bits per heavy atom. The van der Waals surface area contributed by atoms with Gasteiger partial charge in [-0.15, -0.1) is 0 Å². The highest BCUT2D eigenvalue weighted by Crippen LogP contribution is 2.39. The largest absolute Gasteiger partial charge is 0.494 e. The number of aromatic nitrogens is 1. The molecule has 8 nitrogen and oxygen atoms in total. The molecule has 1 amide bonds. The zero-order valence-corrected chi connectivity index (χ0v) is 22.9. The summed E-state index contributed by atoms with van der Waals surface area (Å²) in [6.45, 7) is 0.122. The van der Waals surface area contributed by atoms with Crippen LogP contribution in [0.1, 0.15) is 16.1 Å². The van der Waals surface area contributed by atoms with Crippen molar-refractivity contribution in [3.8, 4) is 5.75 Å². The lowest BCUT2D eigenvalue weighted by Gasteiger charge is -2.19. The standard InChI is InChI=1S/C26H19Cl2N3O5S2/c1-35-22-13-12-21(28)24-23(22)29-26(37-24)31(15-19-3-2-14-36-19)25(32)16-4-8-18(9-5-16)30-38(33,34)20-10-6-17(27)7-11-20/h2-14,30H,15H2,1H3. The molecule has 0 radical (unpaired) electrons. The molecule has 0 fully saturated rings. The molecular weight excluding hydrogens is 569 g/mol. The number of carbonyl (C=O) groups is 1. The summed E-state index contributed by atoms with van der Waals surface area (Å²) in [5.41, 5.74) is 1.16. The van der Waals surface area contributed by atoms with Gasteiger partial charge in [0.25, 0.3) is 15.9 Å². The summed E-state index contributed by atoms with van der Waals surface area (Å²) in [5.74, 6) is 0.736. The maximum atomic E-state index is 13.7. The van der Waals surface area contributed by atoms with Crippen molar-refractivity contribution in [1.29, 1.82) is 0 Å². The molecule has 0 aliphatic heterocycles. The number of methoxy groups -OCH3 is 1. The zero-order chi connectivity index (χ0) is 26.9. The molecule has 0 saturated carbocycles. The lowest BCUT2D eigenvalue weighted by atomic mass is 10.2. The van der Waals surface area contributed by atoms with E-state index in [1.165, 1.54) is 78.1 Å². The third-order valence-electron chi connectivity index (χ3n) is 5.55. The van der Waals surface area contributed by atoms with Crippen LogP contribution in [0.15, 0.2) is 88.4 Å². The van der Waals surface area contributed by atoms with Gasteiger partial charge >= 0.3 is 0 Å². The number of amides is 1. The molecule has 0 aliphatic rings. The molecule has 0 unspecified atom stereocenters. The fraction of sp³-hybridized carbons (Fsp3) is 0.0769. The molecule has 38 heavy (non-hydrogen) atoms. The summed E-state index contributed by atoms with van der Waals surface area (Å²) in [7, 11) is -2.29. The van der Waals surface area contributed by atoms with Crippen LogP contribution >= 0.6 is 34.5 Å². The minimum Gasteiger partial charge on any atom is -0.494 e. The minimum atomic E-state index is -3.83. The second-order valence-corrected chi connectivity index (χ2v) is 11.5. The number of benzene rings is 3. The number of hydrogen-bond acceptors (Lipinski definition) is 7. The summed E-state index contributed by atoms with van der Waals surface area (Å²) >= 11 is 13.5. The Morgan fingerprint density at radius 2 is 1.79 bits per heavy atom. The molecule has 5 rings (SSSR count). The number of furan rings is 1. The number of hydrogen-bond donors (Lipinski definition) is 1. The smallest absolute Gasteiger partial charge is 0.261 e. The number of rotatable bonds is 8. The number of carbonyl (C=O) groups excluding carboxylic acids is 1. The minimum absolute atomic E-state index is 0.0663. The van der Waals surface area contributed by atoms with E-state index in [0.717, 1.165) is 0 Å². The number of ether oxygens (including phenoxy) is 1. The molecule has 194 valence electrons. The highest BCUT2D eigenvalue weighted by molar-refractivity contribution is 7.92. The van der Waals surface area contributed by atoms with Crippen LogP contribution in [0.25, 0.3) is 10.2 Å². The Labute approximate surface area is 232 Å². The fourth-order valence-electron chi connectivity index (χ4n) is 3.67. The number of halogens is 2. The Hall–Kier alpha value is -3.57. The average molecular weight is 588 g/mol. The van der Waals surface area contributed by atoms with E-state index in [0.29, 0.717) is 48.2 Å². The predicted octanol–water partition coefficient (Wildman–Crippen LogP) is 6.85. The van der Waals surface area contributed by atoms with E-state index in [1.807, 2.05) is 0 Å². The van der Waals surface area contributed by atoms with E-state index in [1.54, 1.807) is 24.3 Å². The molecule has 12 heteroatoms. The molecule has 0 bridgehead atoms. The van der Waals surface area contributed by atoms with Crippen LogP contribution in [0.2, 0.25) is 10.0 Å². The molecule has 0 atom stereocenters. The molecule has 0 aliphatic carbocycles. The van der Waals surface area contributed by atoms with Crippen LogP contribution in [0.3, 0.4) is 0 Å². The summed E-state index contributed by atoms with van der Waals surface area (Å²) in [6.07, 6.45) is 1.53. The normalized spacial score (nSPS) is 11.4. The lowest BCUT2D eigenvalue weighted by Crippen LogP contribution is -2.30. The monoisotopic (exact) mass is 587 g/mol. The van der Waals surface area contributed by atoms with Gasteiger partial charge in [0.1, 0.15) is 17.0 Å². The van der Waals surface area contributed by atoms with E-state index >= 15 is 0 Å². The molecule has 0 spiro atoms. The average Bonchev–Trinajstić information content (AvgIpc) is 3.58. The van der Waals surface area contributed by atoms with Crippen LogP contribution in [0, 0.1) is 0 Å². The van der Waals surface area contributed by atoms with Gasteiger partial charge < -0.3 is 9.15 Å². The molecule has 1 N–H and O–H groups in total. The Bertz CT molecular complexity index is 1700. The SMILES string of the molecule is COc1ccc(Cl)c2sc(N(Cc3ccco3)C(=O)c3ccc(NS(=O)(=O)c4ccc(Cl)cc4)cc3)nc12. The maximum Gasteiger partial charge on any atom is 0.261 e. The summed E-state index contributed by atoms with van der Waals surface area (Å²) in [5, 5.41) is 1.33. The molecular formula is C26H19Cl2N3O5S2. The van der Waals surface area contributed by atoms with Crippen molar-refractivity contribution in [2.24, 2.45) is 0 Å². The Morgan fingerprint density at radius 1 is 1.05 bits per heavy atom. The van der Waals surface area contributed by atoms with Crippen LogP contribution in [0.4, 0.5) is 10.8 Å². The third-order valence-corrected chi connectivity index (χ3v) is 8.73. The van der Waals surface area contributed by atoms with Crippen molar-refractivity contribution >= 4 is 71.5 Å². The van der Waals surface area contributed by atoms with Gasteiger partial charge in [-0.3, -0.25) is 14.4 Å². The van der Waals surface area contributed by atoms with Crippen molar-refractivity contribution in [1.82, 2.24) is 4.98 Å². The van der Waals surface area contributed by atoms with Crippen molar-refractivity contribution in [2.75, 3.05) is 16.7 Å². The summed E-state index contributed by atoms with van der Waals surface area (Å²) < 4.78 is 39.5. The highest BCUT2D eigenvalue weighted by Gasteiger charge is 2.25. The van der Waals surface area contributed by atoms with Crippen LogP contribution in [0.5, 0.6) is 5.75 Å². The van der Waals surface area contributed by atoms with Gasteiger partial charge in [0.05, 0.1) is 34.5 Å². The van der Waals surface area contributed by atoms with Crippen molar-refractivity contribution in [3.63, 3.8) is 0 Å². The maximum absolute atomic E-state index is 13.7. The molecule has 3 aromatic carbocycles. The van der Waals surface area contributed by atoms with Gasteiger partial charge in [-0.2, -0.15) is 0 Å². The van der Waals surface area contributed by atoms with Crippen molar-refractivity contribution in [3.05, 3.63) is 100 Å². The van der Waals surface area contributed by atoms with Crippen molar-refractivity contribution in [2.45, 2.75) is 11.4 Å². The molecule has 0 saturated heterocycles. The first-order valence-electron chi connectivity index (χ1n) is 11.1. The topological polar surface area (TPSA) is 102 Å². The van der Waals surface area contributed by atoms with Crippen molar-refractivity contribution < 1.29 is 22.4 Å². The van der Waals surface area contributed by atoms with Gasteiger partial charge in [-0.25, -0.2) is 13.4 Å². The molecule has 2 aromatic heterocycles. The Kier molecular flexibility index (Phi) is 7.31. The first kappa shape index (κ1) is 26.1. The third kappa shape index (κ3) is 5.34. The van der Waals surface area contributed by atoms with E-state index in [4.69, 9.17) is 32.4 Å². The first-order valence-corrected chi connectivity index (χ1v) is 14.2. The fourth-order valence-corrected chi connectivity index (χ4v) is 6.11. The Balaban J connectivity index is 1.45. The second-order valence-electron chi connectivity index (χ2n) is 8.03. The van der Waals surface area contributed by atoms with Crippen LogP contribution in [-0.4, -0.2) is 26.4 Å². The predicted molar refractivity (Wildman–Crippen MR) is 149 cm³/mol. The zero-order valence-electron chi connectivity index (χ0n) is 19.7. The number of fused-ring (bicyclic) bond motifs is 1. The van der Waals surface area contributed by atoms with Gasteiger partial charge in [0.15, 0.2) is 5.13 Å². The van der Waals surface area contributed by atoms with E-state index < -0.39 is 10.0 Å². The highest BCUT2D eigenvalue weighted by atomic mass is 35.5. The van der Waals surface area contributed by atoms with Gasteiger partial charge in [-0.05, 0) is 72.8 Å². The number of nitrogens with zero attached hydrogens (tertiary/aromatic N) is 2. The van der Waals surface area contributed by atoms with Crippen LogP contribution < -0.4 is 14.4 Å². The van der Waals surface area contributed by atoms with Gasteiger partial charge in [0.2, 0.25) is 0 Å². The quantitative estimate of drug-likeness (QED) is 0.213. The summed E-state index contributed by atoms with van der Waals surface area (Å²) in [6, 6.07) is 18.9. The van der Waals surface area contributed by atoms with Gasteiger partial charge in [-0.1, -0.05) is 34.5 Å². The molecule has 2 heterocycles. The van der Waals surface area contributed by atoms with E-state index in [9.17, 15) is 13.2 Å². The lowest BCUT2D eigenvalue weighted by molar-refractivity contribution is 0.0983. The van der Waals surface area contributed by atoms with E-state index in [2.05, 4.69) is 9.71 Å². The number of nitrogens with one attached hydrogen (secondary N) is 1. The number of thiazole rings is 1. The van der Waals surface area contributed by atoms with Gasteiger partial charge in [0, 0.05) is 16.3 Å². The van der Waals surface area contributed by atoms with Crippen LogP contribution in [-0.2, 0) is 16.6 Å². The summed E-state index contributed by atoms with van der Waals surface area (Å²) in [4.78, 5) is 19.9. The molecule has 5 aromatic rings. The second kappa shape index (κ2) is 10.7. The number of anilines is 2. The van der Waals surface area contributed by atoms with E-state index in [-0.39, 0.29) is 17.3 Å². The number of sulfonamides is 1. The first-order chi connectivity index (χ1) is 18.2.